The number of carbonyl (C=O) groups excluding carboxylic acids is 2. The van der Waals surface area contributed by atoms with Crippen molar-refractivity contribution in [2.45, 2.75) is 6.42 Å². The Morgan fingerprint density at radius 3 is 2.32 bits per heavy atom. The quantitative estimate of drug-likeness (QED) is 0.818. The van der Waals surface area contributed by atoms with Gasteiger partial charge in [-0.2, -0.15) is 0 Å². The van der Waals surface area contributed by atoms with Crippen LogP contribution in [0.25, 0.3) is 0 Å². The molecule has 0 aromatic heterocycles. The number of rotatable bonds is 5. The van der Waals surface area contributed by atoms with E-state index in [0.29, 0.717) is 33.6 Å². The molecule has 2 atom stereocenters. The van der Waals surface area contributed by atoms with Crippen molar-refractivity contribution in [2.24, 2.45) is 11.8 Å². The van der Waals surface area contributed by atoms with E-state index in [9.17, 15) is 9.59 Å². The van der Waals surface area contributed by atoms with Crippen molar-refractivity contribution in [1.82, 2.24) is 0 Å². The Hall–Kier alpha value is -2.24. The fraction of sp³-hybridized carbons (Fsp3) is 0.222. The van der Waals surface area contributed by atoms with E-state index in [1.165, 1.54) is 7.11 Å². The molecule has 2 aromatic rings. The Morgan fingerprint density at radius 1 is 1.00 bits per heavy atom. The van der Waals surface area contributed by atoms with Crippen LogP contribution in [0.2, 0.25) is 10.0 Å². The molecule has 1 aliphatic rings. The van der Waals surface area contributed by atoms with Gasteiger partial charge in [0.1, 0.15) is 5.75 Å². The minimum Gasteiger partial charge on any atom is -0.495 e. The average Bonchev–Trinajstić information content (AvgIpc) is 3.38. The Kier molecular flexibility index (Phi) is 5.16. The molecule has 2 aromatic carbocycles. The summed E-state index contributed by atoms with van der Waals surface area (Å²) in [6, 6.07) is 12.0. The zero-order chi connectivity index (χ0) is 18.0. The summed E-state index contributed by atoms with van der Waals surface area (Å²) < 4.78 is 5.07. The number of carbonyl (C=O) groups is 2. The lowest BCUT2D eigenvalue weighted by molar-refractivity contribution is -0.122. The van der Waals surface area contributed by atoms with E-state index in [0.717, 1.165) is 0 Å². The van der Waals surface area contributed by atoms with Gasteiger partial charge in [0, 0.05) is 5.69 Å². The molecule has 0 aliphatic heterocycles. The van der Waals surface area contributed by atoms with Gasteiger partial charge in [0.25, 0.3) is 0 Å². The molecule has 0 heterocycles. The molecule has 1 aliphatic carbocycles. The second kappa shape index (κ2) is 7.33. The molecular formula is C18H16Cl2N2O3. The second-order valence-electron chi connectivity index (χ2n) is 5.76. The number of hydrogen-bond acceptors (Lipinski definition) is 3. The lowest BCUT2D eigenvalue weighted by Crippen LogP contribution is -2.20. The normalized spacial score (nSPS) is 18.4. The first-order chi connectivity index (χ1) is 12.0. The molecule has 0 spiro atoms. The molecule has 2 amide bonds. The molecule has 0 bridgehead atoms. The first-order valence-electron chi connectivity index (χ1n) is 7.69. The standard InChI is InChI=1S/C18H16Cl2N2O3/c1-25-16-7-6-10(8-14(16)20)21-17(23)11-9-12(11)18(24)22-15-5-3-2-4-13(15)19/h2-8,11-12H,9H2,1H3,(H,21,23)(H,22,24). The Labute approximate surface area is 155 Å². The molecule has 5 nitrogen and oxygen atoms in total. The Morgan fingerprint density at radius 2 is 1.68 bits per heavy atom. The van der Waals surface area contributed by atoms with Gasteiger partial charge in [-0.15, -0.1) is 0 Å². The number of anilines is 2. The van der Waals surface area contributed by atoms with Crippen LogP contribution in [-0.4, -0.2) is 18.9 Å². The SMILES string of the molecule is COc1ccc(NC(=O)C2CC2C(=O)Nc2ccccc2Cl)cc1Cl. The number of hydrogen-bond donors (Lipinski definition) is 2. The lowest BCUT2D eigenvalue weighted by atomic mass is 10.2. The third-order valence-corrected chi connectivity index (χ3v) is 4.64. The van der Waals surface area contributed by atoms with Crippen LogP contribution in [0.5, 0.6) is 5.75 Å². The highest BCUT2D eigenvalue weighted by atomic mass is 35.5. The van der Waals surface area contributed by atoms with Crippen LogP contribution in [-0.2, 0) is 9.59 Å². The number of methoxy groups -OCH3 is 1. The Balaban J connectivity index is 1.57. The van der Waals surface area contributed by atoms with Gasteiger partial charge < -0.3 is 15.4 Å². The lowest BCUT2D eigenvalue weighted by Gasteiger charge is -2.09. The summed E-state index contributed by atoms with van der Waals surface area (Å²) in [6.45, 7) is 0. The molecule has 1 fully saturated rings. The third kappa shape index (κ3) is 4.06. The van der Waals surface area contributed by atoms with Crippen LogP contribution in [0, 0.1) is 11.8 Å². The zero-order valence-corrected chi connectivity index (χ0v) is 14.9. The van der Waals surface area contributed by atoms with Crippen molar-refractivity contribution in [3.63, 3.8) is 0 Å². The molecule has 3 rings (SSSR count). The molecule has 130 valence electrons. The molecule has 7 heteroatoms. The first-order valence-corrected chi connectivity index (χ1v) is 8.45. The van der Waals surface area contributed by atoms with Crippen LogP contribution in [0.4, 0.5) is 11.4 Å². The summed E-state index contributed by atoms with van der Waals surface area (Å²) in [6.07, 6.45) is 0.506. The van der Waals surface area contributed by atoms with E-state index in [1.807, 2.05) is 0 Å². The van der Waals surface area contributed by atoms with Gasteiger partial charge in [0.2, 0.25) is 11.8 Å². The van der Waals surface area contributed by atoms with Crippen molar-refractivity contribution in [3.8, 4) is 5.75 Å². The summed E-state index contributed by atoms with van der Waals surface area (Å²) in [5.41, 5.74) is 1.11. The van der Waals surface area contributed by atoms with Crippen molar-refractivity contribution in [1.29, 1.82) is 0 Å². The topological polar surface area (TPSA) is 67.4 Å². The third-order valence-electron chi connectivity index (χ3n) is 4.02. The highest BCUT2D eigenvalue weighted by Crippen LogP contribution is 2.41. The summed E-state index contributed by atoms with van der Waals surface area (Å²) in [7, 11) is 1.52. The minimum atomic E-state index is -0.358. The van der Waals surface area contributed by atoms with Gasteiger partial charge in [-0.3, -0.25) is 9.59 Å². The van der Waals surface area contributed by atoms with Crippen LogP contribution < -0.4 is 15.4 Å². The second-order valence-corrected chi connectivity index (χ2v) is 6.57. The van der Waals surface area contributed by atoms with Crippen LogP contribution >= 0.6 is 23.2 Å². The zero-order valence-electron chi connectivity index (χ0n) is 13.4. The summed E-state index contributed by atoms with van der Waals surface area (Å²) in [5.74, 6) is -0.599. The van der Waals surface area contributed by atoms with E-state index in [1.54, 1.807) is 42.5 Å². The molecular weight excluding hydrogens is 363 g/mol. The highest BCUT2D eigenvalue weighted by molar-refractivity contribution is 6.33. The van der Waals surface area contributed by atoms with Gasteiger partial charge in [0.15, 0.2) is 0 Å². The van der Waals surface area contributed by atoms with Crippen LogP contribution in [0.15, 0.2) is 42.5 Å². The van der Waals surface area contributed by atoms with Crippen molar-refractivity contribution in [2.75, 3.05) is 17.7 Å². The van der Waals surface area contributed by atoms with Crippen LogP contribution in [0.3, 0.4) is 0 Å². The predicted octanol–water partition coefficient (Wildman–Crippen LogP) is 4.22. The number of para-hydroxylation sites is 1. The molecule has 2 N–H and O–H groups in total. The summed E-state index contributed by atoms with van der Waals surface area (Å²) >= 11 is 12.1. The molecule has 0 radical (unpaired) electrons. The number of amides is 2. The molecule has 1 saturated carbocycles. The van der Waals surface area contributed by atoms with Gasteiger partial charge in [-0.05, 0) is 36.8 Å². The molecule has 0 saturated heterocycles. The summed E-state index contributed by atoms with van der Waals surface area (Å²) in [4.78, 5) is 24.5. The van der Waals surface area contributed by atoms with Crippen molar-refractivity contribution < 1.29 is 14.3 Å². The maximum atomic E-state index is 12.3. The van der Waals surface area contributed by atoms with Gasteiger partial charge >= 0.3 is 0 Å². The van der Waals surface area contributed by atoms with E-state index in [-0.39, 0.29) is 23.7 Å². The number of halogens is 2. The predicted molar refractivity (Wildman–Crippen MR) is 98.3 cm³/mol. The van der Waals surface area contributed by atoms with Gasteiger partial charge in [-0.25, -0.2) is 0 Å². The average molecular weight is 379 g/mol. The number of benzene rings is 2. The monoisotopic (exact) mass is 378 g/mol. The fourth-order valence-corrected chi connectivity index (χ4v) is 2.98. The van der Waals surface area contributed by atoms with E-state index >= 15 is 0 Å². The fourth-order valence-electron chi connectivity index (χ4n) is 2.54. The summed E-state index contributed by atoms with van der Waals surface area (Å²) in [5, 5.41) is 6.40. The van der Waals surface area contributed by atoms with Crippen molar-refractivity contribution in [3.05, 3.63) is 52.5 Å². The highest BCUT2D eigenvalue weighted by Gasteiger charge is 2.48. The maximum Gasteiger partial charge on any atom is 0.228 e. The molecule has 25 heavy (non-hydrogen) atoms. The number of nitrogens with one attached hydrogen (secondary N) is 2. The van der Waals surface area contributed by atoms with E-state index in [2.05, 4.69) is 10.6 Å². The Bertz CT molecular complexity index is 826. The van der Waals surface area contributed by atoms with E-state index in [4.69, 9.17) is 27.9 Å². The number of ether oxygens (including phenoxy) is 1. The minimum absolute atomic E-state index is 0.207. The smallest absolute Gasteiger partial charge is 0.228 e. The first kappa shape index (κ1) is 17.6. The van der Waals surface area contributed by atoms with Gasteiger partial charge in [-0.1, -0.05) is 35.3 Å². The molecule has 2 unspecified atom stereocenters. The van der Waals surface area contributed by atoms with E-state index < -0.39 is 0 Å². The largest absolute Gasteiger partial charge is 0.495 e. The maximum absolute atomic E-state index is 12.3. The van der Waals surface area contributed by atoms with Crippen molar-refractivity contribution >= 4 is 46.4 Å². The van der Waals surface area contributed by atoms with Crippen LogP contribution in [0.1, 0.15) is 6.42 Å². The van der Waals surface area contributed by atoms with Gasteiger partial charge in [0.05, 0.1) is 34.7 Å².